The third-order valence-corrected chi connectivity index (χ3v) is 2.54. The highest BCUT2D eigenvalue weighted by Gasteiger charge is 2.16. The van der Waals surface area contributed by atoms with Crippen LogP contribution in [0.4, 0.5) is 13.2 Å². The highest BCUT2D eigenvalue weighted by atomic mass is 35.5. The third-order valence-electron chi connectivity index (χ3n) is 2.25. The summed E-state index contributed by atoms with van der Waals surface area (Å²) in [7, 11) is 0. The van der Waals surface area contributed by atoms with Crippen LogP contribution in [0.3, 0.4) is 0 Å². The molecule has 106 valence electrons. The first-order valence-corrected chi connectivity index (χ1v) is 5.99. The Labute approximate surface area is 113 Å². The summed E-state index contributed by atoms with van der Waals surface area (Å²) in [4.78, 5) is 11.4. The molecule has 0 aliphatic heterocycles. The predicted octanol–water partition coefficient (Wildman–Crippen LogP) is 3.27. The van der Waals surface area contributed by atoms with E-state index in [9.17, 15) is 18.0 Å². The van der Waals surface area contributed by atoms with Gasteiger partial charge in [0.25, 0.3) is 0 Å². The van der Waals surface area contributed by atoms with Crippen molar-refractivity contribution in [2.75, 3.05) is 6.61 Å². The van der Waals surface area contributed by atoms with Crippen molar-refractivity contribution < 1.29 is 27.4 Å². The first-order chi connectivity index (χ1) is 8.97. The lowest BCUT2D eigenvalue weighted by Gasteiger charge is -2.11. The van der Waals surface area contributed by atoms with Gasteiger partial charge in [-0.3, -0.25) is 4.79 Å². The number of ether oxygens (including phenoxy) is 2. The van der Waals surface area contributed by atoms with Crippen LogP contribution in [0.2, 0.25) is 0 Å². The van der Waals surface area contributed by atoms with Crippen molar-refractivity contribution in [2.45, 2.75) is 25.8 Å². The van der Waals surface area contributed by atoms with Crippen LogP contribution in [0, 0.1) is 5.82 Å². The maximum atomic E-state index is 13.4. The summed E-state index contributed by atoms with van der Waals surface area (Å²) in [6.45, 7) is -1.32. The topological polar surface area (TPSA) is 35.5 Å². The van der Waals surface area contributed by atoms with E-state index in [1.165, 1.54) is 0 Å². The molecule has 0 amide bonds. The minimum absolute atomic E-state index is 0.0549. The lowest BCUT2D eigenvalue weighted by molar-refractivity contribution is -0.142. The molecular formula is C12H12ClF3O3. The highest BCUT2D eigenvalue weighted by molar-refractivity contribution is 6.17. The van der Waals surface area contributed by atoms with Crippen LogP contribution in [0.5, 0.6) is 5.75 Å². The molecule has 0 saturated carbocycles. The van der Waals surface area contributed by atoms with Crippen LogP contribution in [-0.4, -0.2) is 19.2 Å². The lowest BCUT2D eigenvalue weighted by Crippen LogP contribution is -2.11. The molecule has 0 aliphatic carbocycles. The zero-order valence-electron chi connectivity index (χ0n) is 10.1. The SMILES string of the molecule is CCOC(=O)Cc1cc(OC(F)F)c(F)cc1CCl. The second-order valence-corrected chi connectivity index (χ2v) is 3.81. The molecule has 7 heteroatoms. The number of esters is 1. The average molecular weight is 297 g/mol. The summed E-state index contributed by atoms with van der Waals surface area (Å²) in [6.07, 6.45) is -0.185. The van der Waals surface area contributed by atoms with Gasteiger partial charge in [-0.15, -0.1) is 11.6 Å². The molecule has 0 N–H and O–H groups in total. The van der Waals surface area contributed by atoms with Crippen LogP contribution in [0.1, 0.15) is 18.1 Å². The predicted molar refractivity (Wildman–Crippen MR) is 62.9 cm³/mol. The minimum atomic E-state index is -3.15. The second kappa shape index (κ2) is 7.23. The van der Waals surface area contributed by atoms with Gasteiger partial charge in [-0.05, 0) is 30.2 Å². The Hall–Kier alpha value is -1.43. The highest BCUT2D eigenvalue weighted by Crippen LogP contribution is 2.25. The van der Waals surface area contributed by atoms with E-state index in [2.05, 4.69) is 4.74 Å². The smallest absolute Gasteiger partial charge is 0.387 e. The monoisotopic (exact) mass is 296 g/mol. The van der Waals surface area contributed by atoms with E-state index in [4.69, 9.17) is 16.3 Å². The van der Waals surface area contributed by atoms with Crippen molar-refractivity contribution >= 4 is 17.6 Å². The van der Waals surface area contributed by atoms with E-state index < -0.39 is 24.1 Å². The summed E-state index contributed by atoms with van der Waals surface area (Å²) in [5, 5.41) is 0. The number of hydrogen-bond donors (Lipinski definition) is 0. The fourth-order valence-corrected chi connectivity index (χ4v) is 1.73. The maximum absolute atomic E-state index is 13.4. The largest absolute Gasteiger partial charge is 0.466 e. The van der Waals surface area contributed by atoms with Gasteiger partial charge in [-0.1, -0.05) is 0 Å². The molecule has 0 fully saturated rings. The molecule has 1 aromatic carbocycles. The Balaban J connectivity index is 3.02. The Morgan fingerprint density at radius 3 is 2.58 bits per heavy atom. The molecule has 0 bridgehead atoms. The fraction of sp³-hybridized carbons (Fsp3) is 0.417. The van der Waals surface area contributed by atoms with Crippen molar-refractivity contribution in [3.8, 4) is 5.75 Å². The van der Waals surface area contributed by atoms with Gasteiger partial charge in [-0.2, -0.15) is 8.78 Å². The van der Waals surface area contributed by atoms with Crippen LogP contribution >= 0.6 is 11.6 Å². The number of alkyl halides is 3. The number of rotatable bonds is 6. The summed E-state index contributed by atoms with van der Waals surface area (Å²) >= 11 is 5.61. The standard InChI is InChI=1S/C12H12ClF3O3/c1-2-18-11(17)5-7-4-10(19-12(15)16)9(14)3-8(7)6-13/h3-4,12H,2,5-6H2,1H3. The number of halogens is 4. The minimum Gasteiger partial charge on any atom is -0.466 e. The molecule has 0 aromatic heterocycles. The Morgan fingerprint density at radius 2 is 2.05 bits per heavy atom. The van der Waals surface area contributed by atoms with Gasteiger partial charge in [0.1, 0.15) is 0 Å². The van der Waals surface area contributed by atoms with Gasteiger partial charge in [0.05, 0.1) is 13.0 Å². The second-order valence-electron chi connectivity index (χ2n) is 3.55. The molecule has 0 saturated heterocycles. The molecule has 1 aromatic rings. The molecule has 0 heterocycles. The Bertz CT molecular complexity index is 452. The van der Waals surface area contributed by atoms with Gasteiger partial charge in [0, 0.05) is 5.88 Å². The van der Waals surface area contributed by atoms with Gasteiger partial charge in [0.2, 0.25) is 0 Å². The van der Waals surface area contributed by atoms with E-state index >= 15 is 0 Å². The number of benzene rings is 1. The molecule has 1 rings (SSSR count). The van der Waals surface area contributed by atoms with Crippen LogP contribution in [0.15, 0.2) is 12.1 Å². The summed E-state index contributed by atoms with van der Waals surface area (Å²) < 4.78 is 46.4. The van der Waals surface area contributed by atoms with E-state index in [1.54, 1.807) is 6.92 Å². The molecule has 3 nitrogen and oxygen atoms in total. The molecule has 0 unspecified atom stereocenters. The molecule has 0 aliphatic rings. The lowest BCUT2D eigenvalue weighted by atomic mass is 10.0. The summed E-state index contributed by atoms with van der Waals surface area (Å²) in [5.41, 5.74) is 0.624. The van der Waals surface area contributed by atoms with Crippen molar-refractivity contribution in [2.24, 2.45) is 0 Å². The summed E-state index contributed by atoms with van der Waals surface area (Å²) in [6, 6.07) is 2.01. The van der Waals surface area contributed by atoms with E-state index in [1.807, 2.05) is 0 Å². The Morgan fingerprint density at radius 1 is 1.37 bits per heavy atom. The Kier molecular flexibility index (Phi) is 5.95. The number of hydrogen-bond acceptors (Lipinski definition) is 3. The molecular weight excluding hydrogens is 285 g/mol. The maximum Gasteiger partial charge on any atom is 0.387 e. The molecule has 19 heavy (non-hydrogen) atoms. The fourth-order valence-electron chi connectivity index (χ4n) is 1.48. The van der Waals surface area contributed by atoms with Gasteiger partial charge >= 0.3 is 12.6 Å². The average Bonchev–Trinajstić information content (AvgIpc) is 2.32. The van der Waals surface area contributed by atoms with Crippen LogP contribution < -0.4 is 4.74 Å². The van der Waals surface area contributed by atoms with Crippen molar-refractivity contribution in [1.82, 2.24) is 0 Å². The van der Waals surface area contributed by atoms with Crippen LogP contribution in [0.25, 0.3) is 0 Å². The van der Waals surface area contributed by atoms with Crippen molar-refractivity contribution in [3.05, 3.63) is 29.1 Å². The quantitative estimate of drug-likeness (QED) is 0.597. The number of carbonyl (C=O) groups is 1. The van der Waals surface area contributed by atoms with Gasteiger partial charge in [-0.25, -0.2) is 4.39 Å². The first-order valence-electron chi connectivity index (χ1n) is 5.45. The molecule has 0 radical (unpaired) electrons. The van der Waals surface area contributed by atoms with Gasteiger partial charge < -0.3 is 9.47 Å². The summed E-state index contributed by atoms with van der Waals surface area (Å²) in [5.74, 6) is -2.18. The van der Waals surface area contributed by atoms with Crippen molar-refractivity contribution in [3.63, 3.8) is 0 Å². The zero-order valence-corrected chi connectivity index (χ0v) is 10.8. The van der Waals surface area contributed by atoms with E-state index in [0.717, 1.165) is 12.1 Å². The zero-order chi connectivity index (χ0) is 14.4. The number of carbonyl (C=O) groups excluding carboxylic acids is 1. The normalized spacial score (nSPS) is 10.6. The van der Waals surface area contributed by atoms with Crippen molar-refractivity contribution in [1.29, 1.82) is 0 Å². The third kappa shape index (κ3) is 4.63. The van der Waals surface area contributed by atoms with E-state index in [0.29, 0.717) is 11.1 Å². The molecule has 0 atom stereocenters. The van der Waals surface area contributed by atoms with E-state index in [-0.39, 0.29) is 18.9 Å². The van der Waals surface area contributed by atoms with Crippen LogP contribution in [-0.2, 0) is 21.8 Å². The molecule has 0 spiro atoms. The van der Waals surface area contributed by atoms with Gasteiger partial charge in [0.15, 0.2) is 11.6 Å². The first kappa shape index (κ1) is 15.6.